The normalized spacial score (nSPS) is 23.0. The molecule has 2 saturated heterocycles. The molecule has 1 aromatic rings. The second-order valence-corrected chi connectivity index (χ2v) is 7.87. The van der Waals surface area contributed by atoms with Gasteiger partial charge in [0.1, 0.15) is 0 Å². The first-order chi connectivity index (χ1) is 12.1. The summed E-state index contributed by atoms with van der Waals surface area (Å²) in [5.74, 6) is 2.42. The standard InChI is InChI=1S/C18H26N4O2S/c1-21(7-5-15-4-2-3-6-19-15)17(23)11-14-10-16(20-12-14)18(24)22-8-9-25-13-22/h2-4,6,14,16,20H,5,7-13H2,1H3. The summed E-state index contributed by atoms with van der Waals surface area (Å²) in [7, 11) is 1.84. The fourth-order valence-corrected chi connectivity index (χ4v) is 4.27. The zero-order chi connectivity index (χ0) is 17.6. The predicted octanol–water partition coefficient (Wildman–Crippen LogP) is 0.984. The van der Waals surface area contributed by atoms with Crippen molar-refractivity contribution in [1.29, 1.82) is 0 Å². The predicted molar refractivity (Wildman–Crippen MR) is 99.1 cm³/mol. The lowest BCUT2D eigenvalue weighted by Crippen LogP contribution is -2.42. The Balaban J connectivity index is 1.41. The van der Waals surface area contributed by atoms with E-state index in [1.807, 2.05) is 30.1 Å². The van der Waals surface area contributed by atoms with Gasteiger partial charge < -0.3 is 15.1 Å². The molecule has 2 aliphatic rings. The minimum atomic E-state index is -0.115. The number of pyridine rings is 1. The van der Waals surface area contributed by atoms with Crippen LogP contribution in [0.3, 0.4) is 0 Å². The lowest BCUT2D eigenvalue weighted by atomic mass is 10.0. The van der Waals surface area contributed by atoms with Crippen LogP contribution in [0.25, 0.3) is 0 Å². The number of amides is 2. The lowest BCUT2D eigenvalue weighted by Gasteiger charge is -2.20. The highest BCUT2D eigenvalue weighted by Crippen LogP contribution is 2.22. The average Bonchev–Trinajstić information content (AvgIpc) is 3.32. The molecule has 0 spiro atoms. The summed E-state index contributed by atoms with van der Waals surface area (Å²) in [6, 6.07) is 5.72. The molecule has 2 unspecified atom stereocenters. The summed E-state index contributed by atoms with van der Waals surface area (Å²) in [4.78, 5) is 32.8. The van der Waals surface area contributed by atoms with Crippen LogP contribution in [0.2, 0.25) is 0 Å². The van der Waals surface area contributed by atoms with Crippen molar-refractivity contribution in [1.82, 2.24) is 20.1 Å². The van der Waals surface area contributed by atoms with Crippen molar-refractivity contribution in [3.63, 3.8) is 0 Å². The first-order valence-electron chi connectivity index (χ1n) is 8.87. The molecule has 2 aliphatic heterocycles. The van der Waals surface area contributed by atoms with E-state index in [0.717, 1.165) is 43.3 Å². The van der Waals surface area contributed by atoms with Crippen LogP contribution < -0.4 is 5.32 Å². The van der Waals surface area contributed by atoms with E-state index in [2.05, 4.69) is 10.3 Å². The van der Waals surface area contributed by atoms with Crippen LogP contribution in [0.15, 0.2) is 24.4 Å². The van der Waals surface area contributed by atoms with Gasteiger partial charge in [0.15, 0.2) is 0 Å². The van der Waals surface area contributed by atoms with E-state index in [-0.39, 0.29) is 23.8 Å². The first-order valence-corrected chi connectivity index (χ1v) is 10.0. The zero-order valence-electron chi connectivity index (χ0n) is 14.7. The fourth-order valence-electron chi connectivity index (χ4n) is 3.32. The second kappa shape index (κ2) is 8.67. The maximum Gasteiger partial charge on any atom is 0.240 e. The molecule has 3 heterocycles. The summed E-state index contributed by atoms with van der Waals surface area (Å²) in [6.45, 7) is 2.27. The van der Waals surface area contributed by atoms with Crippen molar-refractivity contribution in [2.24, 2.45) is 5.92 Å². The Morgan fingerprint density at radius 1 is 1.44 bits per heavy atom. The maximum atomic E-state index is 12.4. The molecular weight excluding hydrogens is 336 g/mol. The van der Waals surface area contributed by atoms with Gasteiger partial charge in [-0.05, 0) is 31.0 Å². The molecule has 2 amide bonds. The minimum Gasteiger partial charge on any atom is -0.345 e. The minimum absolute atomic E-state index is 0.115. The van der Waals surface area contributed by atoms with E-state index in [4.69, 9.17) is 0 Å². The third kappa shape index (κ3) is 4.95. The van der Waals surface area contributed by atoms with Crippen LogP contribution in [0.5, 0.6) is 0 Å². The number of nitrogens with one attached hydrogen (secondary N) is 1. The molecule has 1 aromatic heterocycles. The van der Waals surface area contributed by atoms with E-state index in [1.54, 1.807) is 22.9 Å². The van der Waals surface area contributed by atoms with Crippen molar-refractivity contribution in [3.05, 3.63) is 30.1 Å². The van der Waals surface area contributed by atoms with Crippen LogP contribution in [0.1, 0.15) is 18.5 Å². The summed E-state index contributed by atoms with van der Waals surface area (Å²) in [5, 5.41) is 3.30. The van der Waals surface area contributed by atoms with E-state index in [0.29, 0.717) is 13.0 Å². The number of likely N-dealkylation sites (N-methyl/N-ethyl adjacent to an activating group) is 1. The van der Waals surface area contributed by atoms with Gasteiger partial charge in [-0.25, -0.2) is 0 Å². The van der Waals surface area contributed by atoms with Crippen molar-refractivity contribution in [2.45, 2.75) is 25.3 Å². The van der Waals surface area contributed by atoms with Crippen molar-refractivity contribution in [3.8, 4) is 0 Å². The Morgan fingerprint density at radius 3 is 3.04 bits per heavy atom. The summed E-state index contributed by atoms with van der Waals surface area (Å²) < 4.78 is 0. The van der Waals surface area contributed by atoms with Crippen molar-refractivity contribution < 1.29 is 9.59 Å². The lowest BCUT2D eigenvalue weighted by molar-refractivity contribution is -0.132. The van der Waals surface area contributed by atoms with Gasteiger partial charge in [0.05, 0.1) is 11.9 Å². The Bertz CT molecular complexity index is 592. The molecule has 1 N–H and O–H groups in total. The number of aromatic nitrogens is 1. The number of thioether (sulfide) groups is 1. The smallest absolute Gasteiger partial charge is 0.240 e. The molecule has 0 bridgehead atoms. The van der Waals surface area contributed by atoms with Gasteiger partial charge in [-0.15, -0.1) is 11.8 Å². The van der Waals surface area contributed by atoms with Crippen molar-refractivity contribution in [2.75, 3.05) is 38.3 Å². The number of rotatable bonds is 6. The zero-order valence-corrected chi connectivity index (χ0v) is 15.5. The quantitative estimate of drug-likeness (QED) is 0.817. The fraction of sp³-hybridized carbons (Fsp3) is 0.611. The highest BCUT2D eigenvalue weighted by atomic mass is 32.2. The van der Waals surface area contributed by atoms with E-state index in [1.165, 1.54) is 0 Å². The van der Waals surface area contributed by atoms with E-state index < -0.39 is 0 Å². The van der Waals surface area contributed by atoms with Crippen LogP contribution in [-0.2, 0) is 16.0 Å². The van der Waals surface area contributed by atoms with Gasteiger partial charge >= 0.3 is 0 Å². The van der Waals surface area contributed by atoms with Gasteiger partial charge in [-0.2, -0.15) is 0 Å². The van der Waals surface area contributed by atoms with Gasteiger partial charge in [0, 0.05) is 50.6 Å². The van der Waals surface area contributed by atoms with Crippen molar-refractivity contribution >= 4 is 23.6 Å². The molecule has 136 valence electrons. The SMILES string of the molecule is CN(CCc1ccccn1)C(=O)CC1CNC(C(=O)N2CCSC2)C1. The topological polar surface area (TPSA) is 65.5 Å². The second-order valence-electron chi connectivity index (χ2n) is 6.79. The Hall–Kier alpha value is -1.60. The first kappa shape index (κ1) is 18.2. The molecule has 0 aromatic carbocycles. The van der Waals surface area contributed by atoms with Gasteiger partial charge in [-0.1, -0.05) is 6.07 Å². The summed E-state index contributed by atoms with van der Waals surface area (Å²) in [5.41, 5.74) is 0.999. The molecule has 3 rings (SSSR count). The number of nitrogens with zero attached hydrogens (tertiary/aromatic N) is 3. The Kier molecular flexibility index (Phi) is 6.31. The Labute approximate surface area is 153 Å². The van der Waals surface area contributed by atoms with Crippen LogP contribution in [-0.4, -0.2) is 71.0 Å². The largest absolute Gasteiger partial charge is 0.345 e. The van der Waals surface area contributed by atoms with Crippen LogP contribution in [0, 0.1) is 5.92 Å². The molecule has 0 radical (unpaired) electrons. The molecule has 0 saturated carbocycles. The number of hydrogen-bond acceptors (Lipinski definition) is 5. The summed E-state index contributed by atoms with van der Waals surface area (Å²) >= 11 is 1.80. The van der Waals surface area contributed by atoms with Crippen LogP contribution in [0.4, 0.5) is 0 Å². The molecule has 6 nitrogen and oxygen atoms in total. The molecule has 2 fully saturated rings. The highest BCUT2D eigenvalue weighted by Gasteiger charge is 2.34. The third-order valence-electron chi connectivity index (χ3n) is 4.90. The molecule has 7 heteroatoms. The monoisotopic (exact) mass is 362 g/mol. The maximum absolute atomic E-state index is 12.4. The molecule has 2 atom stereocenters. The number of carbonyl (C=O) groups is 2. The Morgan fingerprint density at radius 2 is 2.32 bits per heavy atom. The van der Waals surface area contributed by atoms with Crippen LogP contribution >= 0.6 is 11.8 Å². The third-order valence-corrected chi connectivity index (χ3v) is 5.87. The van der Waals surface area contributed by atoms with E-state index in [9.17, 15) is 9.59 Å². The molecule has 25 heavy (non-hydrogen) atoms. The van der Waals surface area contributed by atoms with Gasteiger partial charge in [0.2, 0.25) is 11.8 Å². The average molecular weight is 362 g/mol. The summed E-state index contributed by atoms with van der Waals surface area (Å²) in [6.07, 6.45) is 3.81. The molecular formula is C18H26N4O2S. The molecule has 0 aliphatic carbocycles. The number of carbonyl (C=O) groups excluding carboxylic acids is 2. The van der Waals surface area contributed by atoms with Gasteiger partial charge in [-0.3, -0.25) is 14.6 Å². The number of hydrogen-bond donors (Lipinski definition) is 1. The highest BCUT2D eigenvalue weighted by molar-refractivity contribution is 7.99. The van der Waals surface area contributed by atoms with E-state index >= 15 is 0 Å². The van der Waals surface area contributed by atoms with Gasteiger partial charge in [0.25, 0.3) is 0 Å².